The monoisotopic (exact) mass is 337 g/mol. The zero-order valence-corrected chi connectivity index (χ0v) is 14.5. The number of hydrogen-bond donors (Lipinski definition) is 1. The predicted octanol–water partition coefficient (Wildman–Crippen LogP) is 4.39. The molecular weight excluding hydrogens is 318 g/mol. The van der Waals surface area contributed by atoms with Gasteiger partial charge in [0.25, 0.3) is 5.91 Å². The van der Waals surface area contributed by atoms with Gasteiger partial charge in [0.2, 0.25) is 0 Å². The van der Waals surface area contributed by atoms with Gasteiger partial charge in [-0.05, 0) is 61.9 Å². The van der Waals surface area contributed by atoms with Gasteiger partial charge in [0.05, 0.1) is 10.6 Å². The number of carbonyl (C=O) groups excluding carboxylic acids is 1. The van der Waals surface area contributed by atoms with Crippen LogP contribution in [0, 0.1) is 6.92 Å². The predicted molar refractivity (Wildman–Crippen MR) is 99.1 cm³/mol. The van der Waals surface area contributed by atoms with Gasteiger partial charge in [-0.3, -0.25) is 4.79 Å². The fraction of sp³-hybridized carbons (Fsp3) is 0.158. The first-order valence-electron chi connectivity index (χ1n) is 7.84. The number of amides is 1. The number of nitrogens with zero attached hydrogens (tertiary/aromatic N) is 2. The summed E-state index contributed by atoms with van der Waals surface area (Å²) in [5, 5.41) is 4.30. The number of aromatic nitrogens is 1. The molecule has 0 bridgehead atoms. The van der Waals surface area contributed by atoms with Gasteiger partial charge >= 0.3 is 0 Å². The maximum atomic E-state index is 12.3. The standard InChI is InChI=1S/C19H19N3OS/c1-3-17(18-11-6-14(2)24-18)20-21-19(23)15-7-9-16(10-8-15)22-12-4-5-13-22/h4-13H,3H2,1-2H3,(H,21,23)/b20-17+. The summed E-state index contributed by atoms with van der Waals surface area (Å²) in [6.45, 7) is 4.10. The van der Waals surface area contributed by atoms with Crippen molar-refractivity contribution in [1.29, 1.82) is 0 Å². The highest BCUT2D eigenvalue weighted by atomic mass is 32.1. The van der Waals surface area contributed by atoms with Crippen LogP contribution in [-0.2, 0) is 0 Å². The van der Waals surface area contributed by atoms with E-state index < -0.39 is 0 Å². The highest BCUT2D eigenvalue weighted by Gasteiger charge is 2.08. The van der Waals surface area contributed by atoms with Crippen LogP contribution in [0.2, 0.25) is 0 Å². The molecule has 1 aromatic carbocycles. The van der Waals surface area contributed by atoms with Crippen LogP contribution in [0.15, 0.2) is 66.0 Å². The van der Waals surface area contributed by atoms with Crippen LogP contribution in [-0.4, -0.2) is 16.2 Å². The smallest absolute Gasteiger partial charge is 0.271 e. The van der Waals surface area contributed by atoms with E-state index in [0.717, 1.165) is 22.7 Å². The molecule has 0 atom stereocenters. The topological polar surface area (TPSA) is 46.4 Å². The van der Waals surface area contributed by atoms with Gasteiger partial charge in [0, 0.05) is 28.5 Å². The molecule has 0 radical (unpaired) electrons. The highest BCUT2D eigenvalue weighted by molar-refractivity contribution is 7.14. The minimum Gasteiger partial charge on any atom is -0.324 e. The van der Waals surface area contributed by atoms with Crippen LogP contribution >= 0.6 is 11.3 Å². The summed E-state index contributed by atoms with van der Waals surface area (Å²) in [7, 11) is 0. The normalized spacial score (nSPS) is 11.5. The van der Waals surface area contributed by atoms with Crippen molar-refractivity contribution < 1.29 is 4.79 Å². The summed E-state index contributed by atoms with van der Waals surface area (Å²) in [6.07, 6.45) is 4.71. The van der Waals surface area contributed by atoms with E-state index in [4.69, 9.17) is 0 Å². The molecule has 0 saturated heterocycles. The molecule has 0 aliphatic rings. The van der Waals surface area contributed by atoms with Crippen LogP contribution in [0.4, 0.5) is 0 Å². The third-order valence-electron chi connectivity index (χ3n) is 3.68. The molecule has 0 aliphatic carbocycles. The molecule has 2 heterocycles. The lowest BCUT2D eigenvalue weighted by Crippen LogP contribution is -2.19. The summed E-state index contributed by atoms with van der Waals surface area (Å²) in [5.74, 6) is -0.201. The summed E-state index contributed by atoms with van der Waals surface area (Å²) < 4.78 is 1.99. The van der Waals surface area contributed by atoms with Crippen LogP contribution in [0.5, 0.6) is 0 Å². The number of benzene rings is 1. The van der Waals surface area contributed by atoms with E-state index in [1.807, 2.05) is 54.2 Å². The summed E-state index contributed by atoms with van der Waals surface area (Å²) in [6, 6.07) is 15.5. The minimum atomic E-state index is -0.201. The molecule has 0 fully saturated rings. The summed E-state index contributed by atoms with van der Waals surface area (Å²) in [4.78, 5) is 14.6. The molecule has 4 nitrogen and oxygen atoms in total. The third kappa shape index (κ3) is 3.63. The maximum Gasteiger partial charge on any atom is 0.271 e. The lowest BCUT2D eigenvalue weighted by atomic mass is 10.2. The Morgan fingerprint density at radius 2 is 1.83 bits per heavy atom. The van der Waals surface area contributed by atoms with Crippen LogP contribution in [0.25, 0.3) is 5.69 Å². The number of aryl methyl sites for hydroxylation is 1. The van der Waals surface area contributed by atoms with E-state index in [1.165, 1.54) is 4.88 Å². The molecule has 2 aromatic heterocycles. The Morgan fingerprint density at radius 1 is 1.12 bits per heavy atom. The SMILES string of the molecule is CC/C(=N\NC(=O)c1ccc(-n2cccc2)cc1)c1ccc(C)s1. The molecule has 122 valence electrons. The Kier molecular flexibility index (Phi) is 4.91. The van der Waals surface area contributed by atoms with Crippen molar-refractivity contribution in [2.45, 2.75) is 20.3 Å². The van der Waals surface area contributed by atoms with Crippen molar-refractivity contribution in [2.75, 3.05) is 0 Å². The van der Waals surface area contributed by atoms with Gasteiger partial charge in [-0.1, -0.05) is 6.92 Å². The lowest BCUT2D eigenvalue weighted by Gasteiger charge is -2.06. The van der Waals surface area contributed by atoms with E-state index in [0.29, 0.717) is 5.56 Å². The zero-order chi connectivity index (χ0) is 16.9. The summed E-state index contributed by atoms with van der Waals surface area (Å²) >= 11 is 1.68. The van der Waals surface area contributed by atoms with Crippen molar-refractivity contribution in [1.82, 2.24) is 9.99 Å². The number of hydrogen-bond acceptors (Lipinski definition) is 3. The molecule has 1 N–H and O–H groups in total. The first kappa shape index (κ1) is 16.2. The van der Waals surface area contributed by atoms with E-state index in [-0.39, 0.29) is 5.91 Å². The van der Waals surface area contributed by atoms with E-state index in [1.54, 1.807) is 23.5 Å². The molecule has 1 amide bonds. The Labute approximate surface area is 145 Å². The fourth-order valence-corrected chi connectivity index (χ4v) is 3.30. The largest absolute Gasteiger partial charge is 0.324 e. The maximum absolute atomic E-state index is 12.3. The van der Waals surface area contributed by atoms with Crippen molar-refractivity contribution in [3.8, 4) is 5.69 Å². The molecule has 0 aliphatic heterocycles. The van der Waals surface area contributed by atoms with E-state index >= 15 is 0 Å². The van der Waals surface area contributed by atoms with Gasteiger partial charge < -0.3 is 4.57 Å². The van der Waals surface area contributed by atoms with Crippen molar-refractivity contribution in [3.05, 3.63) is 76.2 Å². The second-order valence-electron chi connectivity index (χ2n) is 5.40. The van der Waals surface area contributed by atoms with Gasteiger partial charge in [-0.2, -0.15) is 5.10 Å². The number of nitrogens with one attached hydrogen (secondary N) is 1. The van der Waals surface area contributed by atoms with Gasteiger partial charge in [-0.25, -0.2) is 5.43 Å². The molecule has 5 heteroatoms. The van der Waals surface area contributed by atoms with E-state index in [9.17, 15) is 4.79 Å². The molecule has 0 unspecified atom stereocenters. The van der Waals surface area contributed by atoms with Crippen LogP contribution in [0.3, 0.4) is 0 Å². The van der Waals surface area contributed by atoms with Crippen molar-refractivity contribution in [3.63, 3.8) is 0 Å². The number of hydrazone groups is 1. The number of carbonyl (C=O) groups is 1. The average molecular weight is 337 g/mol. The Hall–Kier alpha value is -2.66. The average Bonchev–Trinajstić information content (AvgIpc) is 3.27. The molecule has 0 spiro atoms. The lowest BCUT2D eigenvalue weighted by molar-refractivity contribution is 0.0955. The van der Waals surface area contributed by atoms with Crippen LogP contribution < -0.4 is 5.43 Å². The Bertz CT molecular complexity index is 845. The molecular formula is C19H19N3OS. The second-order valence-corrected chi connectivity index (χ2v) is 6.69. The number of thiophene rings is 1. The van der Waals surface area contributed by atoms with Gasteiger partial charge in [0.1, 0.15) is 0 Å². The molecule has 0 saturated carbocycles. The highest BCUT2D eigenvalue weighted by Crippen LogP contribution is 2.17. The first-order valence-corrected chi connectivity index (χ1v) is 8.66. The Balaban J connectivity index is 1.71. The van der Waals surface area contributed by atoms with Crippen molar-refractivity contribution in [2.24, 2.45) is 5.10 Å². The quantitative estimate of drug-likeness (QED) is 0.545. The summed E-state index contributed by atoms with van der Waals surface area (Å²) in [5.41, 5.74) is 5.16. The van der Waals surface area contributed by atoms with Crippen molar-refractivity contribution >= 4 is 23.0 Å². The molecule has 3 aromatic rings. The van der Waals surface area contributed by atoms with E-state index in [2.05, 4.69) is 23.5 Å². The second kappa shape index (κ2) is 7.27. The zero-order valence-electron chi connectivity index (χ0n) is 13.7. The molecule has 3 rings (SSSR count). The molecule has 24 heavy (non-hydrogen) atoms. The fourth-order valence-electron chi connectivity index (χ4n) is 2.37. The van der Waals surface area contributed by atoms with Gasteiger partial charge in [0.15, 0.2) is 0 Å². The minimum absolute atomic E-state index is 0.201. The number of rotatable bonds is 5. The first-order chi connectivity index (χ1) is 11.7. The van der Waals surface area contributed by atoms with Gasteiger partial charge in [-0.15, -0.1) is 11.3 Å². The third-order valence-corrected chi connectivity index (χ3v) is 4.73. The Morgan fingerprint density at radius 3 is 2.42 bits per heavy atom. The van der Waals surface area contributed by atoms with Crippen LogP contribution in [0.1, 0.15) is 33.5 Å².